The summed E-state index contributed by atoms with van der Waals surface area (Å²) in [5.41, 5.74) is 4.49. The molecule has 0 bridgehead atoms. The summed E-state index contributed by atoms with van der Waals surface area (Å²) in [6.45, 7) is 5.41. The Morgan fingerprint density at radius 2 is 2.23 bits per heavy atom. The molecule has 26 heavy (non-hydrogen) atoms. The summed E-state index contributed by atoms with van der Waals surface area (Å²) in [6, 6.07) is 2.25. The fraction of sp³-hybridized carbons (Fsp3) is 0.550. The van der Waals surface area contributed by atoms with Crippen LogP contribution >= 0.6 is 0 Å². The third kappa shape index (κ3) is 3.65. The second kappa shape index (κ2) is 7.99. The summed E-state index contributed by atoms with van der Waals surface area (Å²) in [6.07, 6.45) is 5.48. The number of fused-ring (bicyclic) bond motifs is 2. The number of allylic oxidation sites excluding steroid dienone is 2. The number of rotatable bonds is 6. The van der Waals surface area contributed by atoms with Gasteiger partial charge in [0.1, 0.15) is 6.04 Å². The summed E-state index contributed by atoms with van der Waals surface area (Å²) in [5.74, 6) is 2.22. The van der Waals surface area contributed by atoms with Crippen molar-refractivity contribution in [3.8, 4) is 17.2 Å². The molecular weight excluding hydrogens is 332 g/mol. The van der Waals surface area contributed by atoms with Crippen molar-refractivity contribution in [2.75, 3.05) is 27.5 Å². The van der Waals surface area contributed by atoms with Crippen LogP contribution in [-0.4, -0.2) is 38.4 Å². The van der Waals surface area contributed by atoms with Crippen LogP contribution in [0.5, 0.6) is 17.2 Å². The van der Waals surface area contributed by atoms with Gasteiger partial charge in [-0.3, -0.25) is 0 Å². The Kier molecular flexibility index (Phi) is 5.71. The maximum Gasteiger partial charge on any atom is 0.231 e. The van der Waals surface area contributed by atoms with Gasteiger partial charge in [0, 0.05) is 12.8 Å². The molecule has 0 fully saturated rings. The number of hydrogen-bond donors (Lipinski definition) is 2. The molecule has 1 aromatic carbocycles. The Hall–Kier alpha value is -2.21. The van der Waals surface area contributed by atoms with Gasteiger partial charge in [-0.05, 0) is 38.3 Å². The average molecular weight is 361 g/mol. The number of nitrogens with one attached hydrogen (secondary N) is 1. The van der Waals surface area contributed by atoms with E-state index < -0.39 is 0 Å². The summed E-state index contributed by atoms with van der Waals surface area (Å²) in [4.78, 5) is 1.39. The summed E-state index contributed by atoms with van der Waals surface area (Å²) >= 11 is 0. The molecule has 6 nitrogen and oxygen atoms in total. The second-order valence-electron chi connectivity index (χ2n) is 7.31. The van der Waals surface area contributed by atoms with Crippen molar-refractivity contribution in [1.82, 2.24) is 0 Å². The standard InChI is InChI=1S/C20H28N2O4/c1-13(2)6-5-7-15(21-23)11-16-18-14(8-9-22(16)3)10-17-19(20(18)24-4)26-12-25-17/h6,10,16,23H,5,7-9,11-12H2,1-4H3/p+1/b21-15-/t16-/m0/s1. The Morgan fingerprint density at radius 1 is 1.42 bits per heavy atom. The molecule has 0 aromatic heterocycles. The van der Waals surface area contributed by atoms with Crippen LogP contribution in [0.3, 0.4) is 0 Å². The molecule has 6 heteroatoms. The number of nitrogens with zero attached hydrogens (tertiary/aromatic N) is 1. The zero-order valence-corrected chi connectivity index (χ0v) is 16.1. The minimum atomic E-state index is 0.167. The third-order valence-corrected chi connectivity index (χ3v) is 5.25. The van der Waals surface area contributed by atoms with Gasteiger partial charge < -0.3 is 24.3 Å². The molecule has 2 aliphatic rings. The molecule has 2 heterocycles. The zero-order chi connectivity index (χ0) is 18.7. The van der Waals surface area contributed by atoms with Crippen molar-refractivity contribution in [3.63, 3.8) is 0 Å². The largest absolute Gasteiger partial charge is 0.492 e. The molecule has 0 saturated carbocycles. The molecule has 0 radical (unpaired) electrons. The fourth-order valence-electron chi connectivity index (χ4n) is 3.85. The summed E-state index contributed by atoms with van der Waals surface area (Å²) < 4.78 is 16.9. The normalized spacial score (nSPS) is 21.3. The van der Waals surface area contributed by atoms with Gasteiger partial charge in [-0.25, -0.2) is 0 Å². The van der Waals surface area contributed by atoms with Crippen molar-refractivity contribution in [2.45, 2.75) is 45.6 Å². The smallest absolute Gasteiger partial charge is 0.231 e. The van der Waals surface area contributed by atoms with Crippen LogP contribution in [0.25, 0.3) is 0 Å². The molecule has 1 unspecified atom stereocenters. The lowest BCUT2D eigenvalue weighted by molar-refractivity contribution is -0.913. The van der Waals surface area contributed by atoms with Crippen molar-refractivity contribution in [1.29, 1.82) is 0 Å². The Morgan fingerprint density at radius 3 is 2.92 bits per heavy atom. The van der Waals surface area contributed by atoms with Crippen molar-refractivity contribution >= 4 is 5.71 Å². The van der Waals surface area contributed by atoms with Gasteiger partial charge in [0.2, 0.25) is 12.5 Å². The van der Waals surface area contributed by atoms with Crippen LogP contribution in [0.4, 0.5) is 0 Å². The first-order chi connectivity index (χ1) is 12.5. The highest BCUT2D eigenvalue weighted by Crippen LogP contribution is 2.47. The van der Waals surface area contributed by atoms with E-state index >= 15 is 0 Å². The average Bonchev–Trinajstić information content (AvgIpc) is 3.08. The molecule has 2 atom stereocenters. The predicted molar refractivity (Wildman–Crippen MR) is 99.8 cm³/mol. The number of benzene rings is 1. The van der Waals surface area contributed by atoms with Gasteiger partial charge >= 0.3 is 0 Å². The van der Waals surface area contributed by atoms with E-state index in [4.69, 9.17) is 14.2 Å². The quantitative estimate of drug-likeness (QED) is 0.354. The molecular formula is C20H29N2O4+. The number of likely N-dealkylation sites (N-methyl/N-ethyl adjacent to an activating group) is 1. The minimum Gasteiger partial charge on any atom is -0.492 e. The van der Waals surface area contributed by atoms with Crippen molar-refractivity contribution in [2.24, 2.45) is 5.16 Å². The van der Waals surface area contributed by atoms with E-state index in [1.165, 1.54) is 16.0 Å². The molecule has 0 saturated heterocycles. The highest BCUT2D eigenvalue weighted by molar-refractivity contribution is 5.85. The van der Waals surface area contributed by atoms with Gasteiger partial charge in [-0.15, -0.1) is 0 Å². The highest BCUT2D eigenvalue weighted by Gasteiger charge is 2.37. The van der Waals surface area contributed by atoms with Crippen LogP contribution in [0.1, 0.15) is 50.3 Å². The maximum atomic E-state index is 9.52. The summed E-state index contributed by atoms with van der Waals surface area (Å²) in [5, 5.41) is 13.1. The van der Waals surface area contributed by atoms with Gasteiger partial charge in [-0.2, -0.15) is 0 Å². The van der Waals surface area contributed by atoms with E-state index in [0.29, 0.717) is 12.2 Å². The van der Waals surface area contributed by atoms with Gasteiger partial charge in [0.25, 0.3) is 0 Å². The van der Waals surface area contributed by atoms with Crippen LogP contribution in [-0.2, 0) is 6.42 Å². The van der Waals surface area contributed by atoms with Gasteiger partial charge in [0.15, 0.2) is 11.5 Å². The van der Waals surface area contributed by atoms with Crippen LogP contribution < -0.4 is 19.1 Å². The first-order valence-corrected chi connectivity index (χ1v) is 9.20. The lowest BCUT2D eigenvalue weighted by Crippen LogP contribution is -3.10. The Labute approximate surface area is 155 Å². The highest BCUT2D eigenvalue weighted by atomic mass is 16.7. The Balaban J connectivity index is 1.90. The molecule has 0 aliphatic carbocycles. The molecule has 0 amide bonds. The van der Waals surface area contributed by atoms with E-state index in [1.807, 2.05) is 0 Å². The van der Waals surface area contributed by atoms with E-state index in [2.05, 4.69) is 38.2 Å². The zero-order valence-electron chi connectivity index (χ0n) is 16.1. The minimum absolute atomic E-state index is 0.167. The topological polar surface area (TPSA) is 64.7 Å². The first-order valence-electron chi connectivity index (χ1n) is 9.20. The number of oxime groups is 1. The summed E-state index contributed by atoms with van der Waals surface area (Å²) in [7, 11) is 3.86. The number of quaternary nitrogens is 1. The molecule has 2 N–H and O–H groups in total. The Bertz CT molecular complexity index is 723. The number of ether oxygens (including phenoxy) is 3. The molecule has 0 spiro atoms. The predicted octanol–water partition coefficient (Wildman–Crippen LogP) is 2.50. The number of hydrogen-bond acceptors (Lipinski definition) is 5. The molecule has 1 aromatic rings. The van der Waals surface area contributed by atoms with E-state index in [1.54, 1.807) is 7.11 Å². The molecule has 3 rings (SSSR count). The fourth-order valence-corrected chi connectivity index (χ4v) is 3.85. The maximum absolute atomic E-state index is 9.52. The van der Waals surface area contributed by atoms with Crippen LogP contribution in [0.2, 0.25) is 0 Å². The van der Waals surface area contributed by atoms with Gasteiger partial charge in [-0.1, -0.05) is 16.8 Å². The van der Waals surface area contributed by atoms with Gasteiger partial charge in [0.05, 0.1) is 32.0 Å². The van der Waals surface area contributed by atoms with Crippen molar-refractivity contribution in [3.05, 3.63) is 28.8 Å². The molecule has 2 aliphatic heterocycles. The monoisotopic (exact) mass is 361 g/mol. The third-order valence-electron chi connectivity index (χ3n) is 5.25. The van der Waals surface area contributed by atoms with Crippen LogP contribution in [0, 0.1) is 0 Å². The van der Waals surface area contributed by atoms with E-state index in [0.717, 1.165) is 48.6 Å². The van der Waals surface area contributed by atoms with Crippen LogP contribution in [0.15, 0.2) is 22.9 Å². The van der Waals surface area contributed by atoms with E-state index in [-0.39, 0.29) is 12.8 Å². The first kappa shape index (κ1) is 18.6. The molecule has 142 valence electrons. The van der Waals surface area contributed by atoms with E-state index in [9.17, 15) is 5.21 Å². The SMILES string of the molecule is COc1c2c(cc3c1[C@H](C/C(CCC=C(C)C)=N\O)[NH+](C)CC3)OCO2. The lowest BCUT2D eigenvalue weighted by atomic mass is 9.87. The lowest BCUT2D eigenvalue weighted by Gasteiger charge is -2.33. The van der Waals surface area contributed by atoms with Crippen molar-refractivity contribution < 1.29 is 24.3 Å². The number of methoxy groups -OCH3 is 1. The second-order valence-corrected chi connectivity index (χ2v) is 7.31.